The normalized spacial score (nSPS) is 30.6. The predicted octanol–water partition coefficient (Wildman–Crippen LogP) is 1.16. The van der Waals surface area contributed by atoms with Crippen molar-refractivity contribution in [2.24, 2.45) is 0 Å². The summed E-state index contributed by atoms with van der Waals surface area (Å²) in [6.45, 7) is 3.93. The van der Waals surface area contributed by atoms with E-state index in [-0.39, 0.29) is 18.1 Å². The Morgan fingerprint density at radius 2 is 2.28 bits per heavy atom. The highest BCUT2D eigenvalue weighted by atomic mass is 32.2. The van der Waals surface area contributed by atoms with E-state index in [1.54, 1.807) is 0 Å². The average Bonchev–Trinajstić information content (AvgIpc) is 2.34. The van der Waals surface area contributed by atoms with Crippen LogP contribution in [0.15, 0.2) is 0 Å². The topological polar surface area (TPSA) is 50.4 Å². The van der Waals surface area contributed by atoms with Gasteiger partial charge in [0, 0.05) is 24.4 Å². The van der Waals surface area contributed by atoms with Gasteiger partial charge in [0.2, 0.25) is 5.91 Å². The van der Waals surface area contributed by atoms with E-state index in [1.807, 2.05) is 18.7 Å². The quantitative estimate of drug-likeness (QED) is 0.788. The molecule has 0 aromatic carbocycles. The molecular weight excluding hydrogens is 248 g/mol. The molecule has 1 aliphatic carbocycles. The summed E-state index contributed by atoms with van der Waals surface area (Å²) in [5.74, 6) is 0.0369. The highest BCUT2D eigenvalue weighted by Gasteiger charge is 2.33. The first-order valence-electron chi connectivity index (χ1n) is 6.78. The summed E-state index contributed by atoms with van der Waals surface area (Å²) in [5, 5.41) is 6.97. The van der Waals surface area contributed by atoms with Crippen LogP contribution < -0.4 is 10.6 Å². The maximum Gasteiger partial charge on any atom is 0.246 e. The van der Waals surface area contributed by atoms with Crippen LogP contribution in [0.25, 0.3) is 0 Å². The van der Waals surface area contributed by atoms with E-state index in [2.05, 4.69) is 16.9 Å². The molecule has 2 atom stereocenters. The van der Waals surface area contributed by atoms with Crippen molar-refractivity contribution in [1.29, 1.82) is 0 Å². The minimum absolute atomic E-state index is 0.0369. The van der Waals surface area contributed by atoms with Gasteiger partial charge in [0.05, 0.1) is 5.60 Å². The highest BCUT2D eigenvalue weighted by molar-refractivity contribution is 7.99. The van der Waals surface area contributed by atoms with Gasteiger partial charge in [-0.3, -0.25) is 4.79 Å². The fraction of sp³-hybridized carbons (Fsp3) is 0.923. The minimum Gasteiger partial charge on any atom is -0.363 e. The van der Waals surface area contributed by atoms with Crippen LogP contribution in [0.4, 0.5) is 0 Å². The summed E-state index contributed by atoms with van der Waals surface area (Å²) < 4.78 is 5.64. The van der Waals surface area contributed by atoms with Gasteiger partial charge in [-0.1, -0.05) is 6.42 Å². The standard InChI is InChI=1S/C13H24N2O2S/c1-13(8-14-9-13)17-7-12(16)15-10-4-3-5-11(6-10)18-2/h10-11,14H,3-9H2,1-2H3,(H,15,16). The zero-order valence-corrected chi connectivity index (χ0v) is 12.1. The van der Waals surface area contributed by atoms with Crippen LogP contribution in [0.2, 0.25) is 0 Å². The van der Waals surface area contributed by atoms with E-state index in [1.165, 1.54) is 12.8 Å². The molecule has 2 unspecified atom stereocenters. The van der Waals surface area contributed by atoms with Crippen molar-refractivity contribution < 1.29 is 9.53 Å². The number of carbonyl (C=O) groups is 1. The summed E-state index contributed by atoms with van der Waals surface area (Å²) >= 11 is 1.92. The van der Waals surface area contributed by atoms with Crippen molar-refractivity contribution in [3.05, 3.63) is 0 Å². The van der Waals surface area contributed by atoms with E-state index in [0.717, 1.165) is 25.9 Å². The second kappa shape index (κ2) is 6.26. The molecule has 5 heteroatoms. The second-order valence-corrected chi connectivity index (χ2v) is 6.77. The molecule has 2 fully saturated rings. The summed E-state index contributed by atoms with van der Waals surface area (Å²) in [7, 11) is 0. The fourth-order valence-electron chi connectivity index (χ4n) is 2.58. The van der Waals surface area contributed by atoms with Crippen molar-refractivity contribution in [3.63, 3.8) is 0 Å². The van der Waals surface area contributed by atoms with E-state index in [9.17, 15) is 4.79 Å². The number of hydrogen-bond donors (Lipinski definition) is 2. The lowest BCUT2D eigenvalue weighted by Crippen LogP contribution is -2.59. The molecule has 1 saturated heterocycles. The Morgan fingerprint density at radius 3 is 2.89 bits per heavy atom. The molecule has 0 radical (unpaired) electrons. The number of rotatable bonds is 5. The largest absolute Gasteiger partial charge is 0.363 e. The molecule has 18 heavy (non-hydrogen) atoms. The number of amides is 1. The number of thioether (sulfide) groups is 1. The molecule has 1 aliphatic heterocycles. The first kappa shape index (κ1) is 14.2. The number of hydrogen-bond acceptors (Lipinski definition) is 4. The van der Waals surface area contributed by atoms with Crippen LogP contribution in [-0.2, 0) is 9.53 Å². The molecule has 1 heterocycles. The molecule has 0 bridgehead atoms. The summed E-state index contributed by atoms with van der Waals surface area (Å²) in [6.07, 6.45) is 6.88. The van der Waals surface area contributed by atoms with Crippen molar-refractivity contribution in [2.75, 3.05) is 26.0 Å². The summed E-state index contributed by atoms with van der Waals surface area (Å²) in [4.78, 5) is 11.8. The fourth-order valence-corrected chi connectivity index (χ4v) is 3.41. The smallest absolute Gasteiger partial charge is 0.246 e. The number of ether oxygens (including phenoxy) is 1. The van der Waals surface area contributed by atoms with Gasteiger partial charge in [0.15, 0.2) is 0 Å². The van der Waals surface area contributed by atoms with Gasteiger partial charge in [0.25, 0.3) is 0 Å². The lowest BCUT2D eigenvalue weighted by Gasteiger charge is -2.39. The first-order chi connectivity index (χ1) is 8.61. The van der Waals surface area contributed by atoms with Gasteiger partial charge in [0.1, 0.15) is 6.61 Å². The van der Waals surface area contributed by atoms with Crippen molar-refractivity contribution >= 4 is 17.7 Å². The molecule has 1 amide bonds. The first-order valence-corrected chi connectivity index (χ1v) is 8.07. The Labute approximate surface area is 114 Å². The Bertz CT molecular complexity index is 295. The summed E-state index contributed by atoms with van der Waals surface area (Å²) in [5.41, 5.74) is -0.133. The van der Waals surface area contributed by atoms with Gasteiger partial charge in [-0.25, -0.2) is 0 Å². The lowest BCUT2D eigenvalue weighted by atomic mass is 9.95. The third-order valence-corrected chi connectivity index (χ3v) is 4.97. The Morgan fingerprint density at radius 1 is 1.50 bits per heavy atom. The monoisotopic (exact) mass is 272 g/mol. The van der Waals surface area contributed by atoms with Crippen molar-refractivity contribution in [1.82, 2.24) is 10.6 Å². The molecule has 1 saturated carbocycles. The molecule has 0 aromatic heterocycles. The van der Waals surface area contributed by atoms with Gasteiger partial charge in [-0.15, -0.1) is 0 Å². The average molecular weight is 272 g/mol. The maximum atomic E-state index is 11.8. The summed E-state index contributed by atoms with van der Waals surface area (Å²) in [6, 6.07) is 0.347. The molecule has 0 spiro atoms. The van der Waals surface area contributed by atoms with E-state index < -0.39 is 0 Å². The van der Waals surface area contributed by atoms with Gasteiger partial charge < -0.3 is 15.4 Å². The second-order valence-electron chi connectivity index (χ2n) is 5.63. The predicted molar refractivity (Wildman–Crippen MR) is 74.9 cm³/mol. The SMILES string of the molecule is CSC1CCCC(NC(=O)COC2(C)CNC2)C1. The lowest BCUT2D eigenvalue weighted by molar-refractivity contribution is -0.136. The van der Waals surface area contributed by atoms with Crippen LogP contribution in [0.5, 0.6) is 0 Å². The molecular formula is C13H24N2O2S. The van der Waals surface area contributed by atoms with Crippen molar-refractivity contribution in [3.8, 4) is 0 Å². The number of carbonyl (C=O) groups excluding carboxylic acids is 1. The van der Waals surface area contributed by atoms with Crippen LogP contribution in [0.1, 0.15) is 32.6 Å². The van der Waals surface area contributed by atoms with Gasteiger partial charge in [-0.2, -0.15) is 11.8 Å². The van der Waals surface area contributed by atoms with Crippen LogP contribution in [0.3, 0.4) is 0 Å². The zero-order valence-electron chi connectivity index (χ0n) is 11.3. The zero-order chi connectivity index (χ0) is 13.0. The molecule has 2 rings (SSSR count). The van der Waals surface area contributed by atoms with E-state index in [4.69, 9.17) is 4.74 Å². The Hall–Kier alpha value is -0.260. The minimum atomic E-state index is -0.133. The van der Waals surface area contributed by atoms with E-state index in [0.29, 0.717) is 11.3 Å². The van der Waals surface area contributed by atoms with Crippen LogP contribution >= 0.6 is 11.8 Å². The van der Waals surface area contributed by atoms with Crippen LogP contribution in [-0.4, -0.2) is 48.8 Å². The Kier molecular flexibility index (Phi) is 4.92. The maximum absolute atomic E-state index is 11.8. The molecule has 104 valence electrons. The molecule has 4 nitrogen and oxygen atoms in total. The van der Waals surface area contributed by atoms with Crippen molar-refractivity contribution in [2.45, 2.75) is 49.5 Å². The Balaban J connectivity index is 1.67. The molecule has 2 N–H and O–H groups in total. The number of nitrogens with one attached hydrogen (secondary N) is 2. The van der Waals surface area contributed by atoms with Gasteiger partial charge in [-0.05, 0) is 32.4 Å². The third kappa shape index (κ3) is 3.87. The van der Waals surface area contributed by atoms with Crippen LogP contribution in [0, 0.1) is 0 Å². The third-order valence-electron chi connectivity index (χ3n) is 3.87. The molecule has 0 aromatic rings. The van der Waals surface area contributed by atoms with E-state index >= 15 is 0 Å². The molecule has 2 aliphatic rings. The highest BCUT2D eigenvalue weighted by Crippen LogP contribution is 2.26. The van der Waals surface area contributed by atoms with Gasteiger partial charge >= 0.3 is 0 Å².